The van der Waals surface area contributed by atoms with Gasteiger partial charge in [-0.3, -0.25) is 9.48 Å². The van der Waals surface area contributed by atoms with Crippen LogP contribution in [0.1, 0.15) is 23.5 Å². The number of fused-ring (bicyclic) bond motifs is 1. The normalized spacial score (nSPS) is 16.3. The lowest BCUT2D eigenvalue weighted by atomic mass is 9.98. The van der Waals surface area contributed by atoms with E-state index in [2.05, 4.69) is 44.2 Å². The molecular formula is C20H23N5O. The maximum Gasteiger partial charge on any atom is 0.225 e. The van der Waals surface area contributed by atoms with Gasteiger partial charge in [-0.1, -0.05) is 24.3 Å². The van der Waals surface area contributed by atoms with Crippen molar-refractivity contribution in [1.82, 2.24) is 24.6 Å². The number of carbonyl (C=O) groups excluding carboxylic acids is 1. The number of hydrogen-bond acceptors (Lipinski definition) is 3. The highest BCUT2D eigenvalue weighted by Gasteiger charge is 2.25. The third-order valence-corrected chi connectivity index (χ3v) is 4.94. The van der Waals surface area contributed by atoms with E-state index in [9.17, 15) is 4.79 Å². The lowest BCUT2D eigenvalue weighted by Crippen LogP contribution is -2.35. The molecule has 0 aliphatic carbocycles. The van der Waals surface area contributed by atoms with Crippen molar-refractivity contribution >= 4 is 5.91 Å². The highest BCUT2D eigenvalue weighted by atomic mass is 16.1. The van der Waals surface area contributed by atoms with Gasteiger partial charge in [0.15, 0.2) is 0 Å². The summed E-state index contributed by atoms with van der Waals surface area (Å²) in [6, 6.07) is 8.25. The molecule has 0 fully saturated rings. The molecule has 1 amide bonds. The van der Waals surface area contributed by atoms with Crippen molar-refractivity contribution in [1.29, 1.82) is 0 Å². The van der Waals surface area contributed by atoms with Crippen LogP contribution in [-0.2, 0) is 31.4 Å². The molecule has 1 N–H and O–H groups in total. The topological polar surface area (TPSA) is 64.7 Å². The summed E-state index contributed by atoms with van der Waals surface area (Å²) in [4.78, 5) is 17.0. The fourth-order valence-corrected chi connectivity index (χ4v) is 3.52. The van der Waals surface area contributed by atoms with Crippen LogP contribution in [0.2, 0.25) is 0 Å². The SMILES string of the molecule is Cc1cn2c(n1)CCC(C(=O)NCc1ccc(-c3cnn(C)c3)cc1)C2. The Labute approximate surface area is 152 Å². The number of hydrogen-bond donors (Lipinski definition) is 1. The van der Waals surface area contributed by atoms with E-state index in [4.69, 9.17) is 0 Å². The lowest BCUT2D eigenvalue weighted by Gasteiger charge is -2.23. The van der Waals surface area contributed by atoms with Crippen LogP contribution in [0.5, 0.6) is 0 Å². The fraction of sp³-hybridized carbons (Fsp3) is 0.350. The number of amides is 1. The van der Waals surface area contributed by atoms with Crippen molar-refractivity contribution in [2.45, 2.75) is 32.9 Å². The highest BCUT2D eigenvalue weighted by Crippen LogP contribution is 2.21. The van der Waals surface area contributed by atoms with Gasteiger partial charge in [0.1, 0.15) is 5.82 Å². The predicted octanol–water partition coefficient (Wildman–Crippen LogP) is 2.47. The predicted molar refractivity (Wildman–Crippen MR) is 99.3 cm³/mol. The monoisotopic (exact) mass is 349 g/mol. The van der Waals surface area contributed by atoms with Crippen molar-refractivity contribution in [2.75, 3.05) is 0 Å². The first-order chi connectivity index (χ1) is 12.6. The number of aromatic nitrogens is 4. The van der Waals surface area contributed by atoms with Gasteiger partial charge in [-0.2, -0.15) is 5.10 Å². The van der Waals surface area contributed by atoms with Gasteiger partial charge in [-0.25, -0.2) is 4.98 Å². The summed E-state index contributed by atoms with van der Waals surface area (Å²) in [6.45, 7) is 3.27. The maximum atomic E-state index is 12.5. The van der Waals surface area contributed by atoms with Gasteiger partial charge >= 0.3 is 0 Å². The Balaban J connectivity index is 1.34. The van der Waals surface area contributed by atoms with E-state index in [1.165, 1.54) is 0 Å². The van der Waals surface area contributed by atoms with E-state index >= 15 is 0 Å². The first-order valence-corrected chi connectivity index (χ1v) is 8.97. The van der Waals surface area contributed by atoms with Crippen LogP contribution in [0.4, 0.5) is 0 Å². The highest BCUT2D eigenvalue weighted by molar-refractivity contribution is 5.78. The minimum atomic E-state index is 0.0192. The van der Waals surface area contributed by atoms with Gasteiger partial charge in [0, 0.05) is 44.5 Å². The van der Waals surface area contributed by atoms with Crippen LogP contribution in [0.15, 0.2) is 42.9 Å². The van der Waals surface area contributed by atoms with E-state index in [1.807, 2.05) is 32.6 Å². The van der Waals surface area contributed by atoms with Gasteiger partial charge < -0.3 is 9.88 Å². The maximum absolute atomic E-state index is 12.5. The number of benzene rings is 1. The van der Waals surface area contributed by atoms with Crippen LogP contribution in [0, 0.1) is 12.8 Å². The zero-order chi connectivity index (χ0) is 18.1. The smallest absolute Gasteiger partial charge is 0.225 e. The Morgan fingerprint density at radius 3 is 2.77 bits per heavy atom. The van der Waals surface area contributed by atoms with E-state index in [0.717, 1.165) is 47.6 Å². The summed E-state index contributed by atoms with van der Waals surface area (Å²) >= 11 is 0. The lowest BCUT2D eigenvalue weighted by molar-refractivity contribution is -0.126. The third kappa shape index (κ3) is 3.40. The van der Waals surface area contributed by atoms with Crippen LogP contribution >= 0.6 is 0 Å². The average Bonchev–Trinajstić information content (AvgIpc) is 3.24. The number of nitrogens with zero attached hydrogens (tertiary/aromatic N) is 4. The molecule has 6 nitrogen and oxygen atoms in total. The molecule has 4 rings (SSSR count). The molecule has 1 aliphatic heterocycles. The van der Waals surface area contributed by atoms with Crippen molar-refractivity contribution in [3.8, 4) is 11.1 Å². The van der Waals surface area contributed by atoms with E-state index < -0.39 is 0 Å². The summed E-state index contributed by atoms with van der Waals surface area (Å²) in [7, 11) is 1.91. The summed E-state index contributed by atoms with van der Waals surface area (Å²) in [5, 5.41) is 7.28. The number of imidazole rings is 1. The summed E-state index contributed by atoms with van der Waals surface area (Å²) in [5.74, 6) is 1.24. The molecule has 0 spiro atoms. The van der Waals surface area contributed by atoms with E-state index in [-0.39, 0.29) is 11.8 Å². The zero-order valence-corrected chi connectivity index (χ0v) is 15.1. The summed E-state index contributed by atoms with van der Waals surface area (Å²) < 4.78 is 3.91. The Hall–Kier alpha value is -2.89. The minimum Gasteiger partial charge on any atom is -0.352 e. The van der Waals surface area contributed by atoms with Crippen molar-refractivity contribution in [3.05, 3.63) is 59.9 Å². The molecule has 26 heavy (non-hydrogen) atoms. The first-order valence-electron chi connectivity index (χ1n) is 8.97. The number of aryl methyl sites for hydroxylation is 3. The van der Waals surface area contributed by atoms with E-state index in [1.54, 1.807) is 4.68 Å². The van der Waals surface area contributed by atoms with Crippen LogP contribution in [0.25, 0.3) is 11.1 Å². The van der Waals surface area contributed by atoms with Gasteiger partial charge in [0.05, 0.1) is 17.8 Å². The number of carbonyl (C=O) groups is 1. The Kier molecular flexibility index (Phi) is 4.32. The summed E-state index contributed by atoms with van der Waals surface area (Å²) in [6.07, 6.45) is 7.61. The Bertz CT molecular complexity index is 922. The minimum absolute atomic E-state index is 0.0192. The molecule has 0 saturated heterocycles. The van der Waals surface area contributed by atoms with Crippen molar-refractivity contribution in [2.24, 2.45) is 13.0 Å². The van der Waals surface area contributed by atoms with Gasteiger partial charge in [0.2, 0.25) is 5.91 Å². The number of rotatable bonds is 4. The Morgan fingerprint density at radius 1 is 1.23 bits per heavy atom. The largest absolute Gasteiger partial charge is 0.352 e. The molecule has 0 saturated carbocycles. The summed E-state index contributed by atoms with van der Waals surface area (Å²) in [5.41, 5.74) is 4.34. The molecule has 3 aromatic rings. The molecule has 1 atom stereocenters. The second kappa shape index (κ2) is 6.78. The first kappa shape index (κ1) is 16.6. The fourth-order valence-electron chi connectivity index (χ4n) is 3.52. The van der Waals surface area contributed by atoms with Crippen molar-refractivity contribution < 1.29 is 4.79 Å². The quantitative estimate of drug-likeness (QED) is 0.787. The second-order valence-electron chi connectivity index (χ2n) is 7.00. The molecule has 134 valence electrons. The van der Waals surface area contributed by atoms with Crippen LogP contribution < -0.4 is 5.32 Å². The number of nitrogens with one attached hydrogen (secondary N) is 1. The molecule has 3 heterocycles. The van der Waals surface area contributed by atoms with Gasteiger partial charge in [-0.05, 0) is 24.5 Å². The van der Waals surface area contributed by atoms with E-state index in [0.29, 0.717) is 6.54 Å². The van der Waals surface area contributed by atoms with Crippen molar-refractivity contribution in [3.63, 3.8) is 0 Å². The van der Waals surface area contributed by atoms with Crippen LogP contribution in [-0.4, -0.2) is 25.2 Å². The molecule has 0 bridgehead atoms. The van der Waals surface area contributed by atoms with Crippen LogP contribution in [0.3, 0.4) is 0 Å². The van der Waals surface area contributed by atoms with Gasteiger partial charge in [-0.15, -0.1) is 0 Å². The molecule has 1 unspecified atom stereocenters. The Morgan fingerprint density at radius 2 is 2.04 bits per heavy atom. The average molecular weight is 349 g/mol. The zero-order valence-electron chi connectivity index (χ0n) is 15.1. The molecule has 1 aliphatic rings. The molecule has 1 aromatic carbocycles. The molecule has 6 heteroatoms. The molecule has 2 aromatic heterocycles. The molecular weight excluding hydrogens is 326 g/mol. The third-order valence-electron chi connectivity index (χ3n) is 4.94. The van der Waals surface area contributed by atoms with Gasteiger partial charge in [0.25, 0.3) is 0 Å². The standard InChI is InChI=1S/C20H23N5O/c1-14-11-25-13-17(7-8-19(25)23-14)20(26)21-9-15-3-5-16(6-4-15)18-10-22-24(2)12-18/h3-6,10-12,17H,7-9,13H2,1-2H3,(H,21,26). The second-order valence-corrected chi connectivity index (χ2v) is 7.00. The molecule has 0 radical (unpaired) electrons.